The van der Waals surface area contributed by atoms with E-state index >= 15 is 0 Å². The Morgan fingerprint density at radius 1 is 1.60 bits per heavy atom. The van der Waals surface area contributed by atoms with Crippen LogP contribution in [0.25, 0.3) is 0 Å². The monoisotopic (exact) mass is 299 g/mol. The van der Waals surface area contributed by atoms with Gasteiger partial charge in [0.05, 0.1) is 23.5 Å². The number of halogens is 1. The Bertz CT molecular complexity index is 435. The van der Waals surface area contributed by atoms with Gasteiger partial charge in [-0.15, -0.1) is 0 Å². The molecule has 20 heavy (non-hydrogen) atoms. The first-order valence-electron chi connectivity index (χ1n) is 7.66. The third kappa shape index (κ3) is 3.18. The number of hydrogen-bond acceptors (Lipinski definition) is 3. The van der Waals surface area contributed by atoms with Crippen LogP contribution in [0, 0.1) is 12.8 Å². The standard InChI is InChI=1S/C15H26ClN3O/c1-3-8-17-15(11-20)7-4-5-13(15)6-9-19-12(2)14(16)10-18-19/h10,13,17,20H,3-9,11H2,1-2H3. The van der Waals surface area contributed by atoms with E-state index in [1.807, 2.05) is 11.6 Å². The van der Waals surface area contributed by atoms with E-state index in [4.69, 9.17) is 11.6 Å². The van der Waals surface area contributed by atoms with Crippen LogP contribution in [0.5, 0.6) is 0 Å². The predicted molar refractivity (Wildman–Crippen MR) is 82.0 cm³/mol. The Balaban J connectivity index is 1.98. The van der Waals surface area contributed by atoms with Crippen LogP contribution in [0.2, 0.25) is 5.02 Å². The third-order valence-corrected chi connectivity index (χ3v) is 5.07. The van der Waals surface area contributed by atoms with E-state index in [-0.39, 0.29) is 12.1 Å². The van der Waals surface area contributed by atoms with Crippen molar-refractivity contribution in [3.63, 3.8) is 0 Å². The van der Waals surface area contributed by atoms with E-state index in [2.05, 4.69) is 17.3 Å². The van der Waals surface area contributed by atoms with Crippen molar-refractivity contribution in [2.75, 3.05) is 13.2 Å². The van der Waals surface area contributed by atoms with Crippen molar-refractivity contribution < 1.29 is 5.11 Å². The van der Waals surface area contributed by atoms with Crippen molar-refractivity contribution in [1.82, 2.24) is 15.1 Å². The zero-order chi connectivity index (χ0) is 14.6. The summed E-state index contributed by atoms with van der Waals surface area (Å²) in [5.74, 6) is 0.515. The lowest BCUT2D eigenvalue weighted by Gasteiger charge is -2.35. The molecule has 0 aliphatic heterocycles. The molecule has 1 aromatic heterocycles. The molecule has 1 aliphatic carbocycles. The maximum Gasteiger partial charge on any atom is 0.0814 e. The van der Waals surface area contributed by atoms with E-state index in [1.54, 1.807) is 6.20 Å². The van der Waals surface area contributed by atoms with E-state index in [9.17, 15) is 5.11 Å². The Hall–Kier alpha value is -0.580. The summed E-state index contributed by atoms with van der Waals surface area (Å²) < 4.78 is 1.97. The van der Waals surface area contributed by atoms with Crippen molar-refractivity contribution in [2.45, 2.75) is 58.0 Å². The molecular weight excluding hydrogens is 274 g/mol. The predicted octanol–water partition coefficient (Wildman–Crippen LogP) is 2.77. The highest BCUT2D eigenvalue weighted by Crippen LogP contribution is 2.38. The highest BCUT2D eigenvalue weighted by Gasteiger charge is 2.41. The molecule has 2 atom stereocenters. The molecule has 0 spiro atoms. The zero-order valence-electron chi connectivity index (χ0n) is 12.5. The third-order valence-electron chi connectivity index (χ3n) is 4.70. The van der Waals surface area contributed by atoms with Gasteiger partial charge in [-0.1, -0.05) is 24.9 Å². The van der Waals surface area contributed by atoms with Crippen molar-refractivity contribution in [1.29, 1.82) is 0 Å². The minimum atomic E-state index is -0.0825. The summed E-state index contributed by atoms with van der Waals surface area (Å²) in [6.45, 7) is 6.24. The first kappa shape index (κ1) is 15.8. The van der Waals surface area contributed by atoms with Gasteiger partial charge >= 0.3 is 0 Å². The Labute approximate surface area is 126 Å². The minimum absolute atomic E-state index is 0.0825. The summed E-state index contributed by atoms with van der Waals surface area (Å²) >= 11 is 6.04. The van der Waals surface area contributed by atoms with Crippen molar-refractivity contribution in [3.8, 4) is 0 Å². The van der Waals surface area contributed by atoms with Crippen LogP contribution >= 0.6 is 11.6 Å². The molecule has 1 heterocycles. The van der Waals surface area contributed by atoms with E-state index in [1.165, 1.54) is 12.8 Å². The summed E-state index contributed by atoms with van der Waals surface area (Å²) in [4.78, 5) is 0. The molecule has 0 aromatic carbocycles. The van der Waals surface area contributed by atoms with Crippen LogP contribution in [-0.4, -0.2) is 33.6 Å². The number of hydrogen-bond donors (Lipinski definition) is 2. The van der Waals surface area contributed by atoms with E-state index in [0.29, 0.717) is 5.92 Å². The number of aryl methyl sites for hydroxylation is 1. The number of rotatable bonds is 7. The number of nitrogens with zero attached hydrogens (tertiary/aromatic N) is 2. The smallest absolute Gasteiger partial charge is 0.0814 e. The number of aliphatic hydroxyl groups excluding tert-OH is 1. The van der Waals surface area contributed by atoms with Crippen molar-refractivity contribution in [3.05, 3.63) is 16.9 Å². The van der Waals surface area contributed by atoms with Crippen LogP contribution in [0.4, 0.5) is 0 Å². The van der Waals surface area contributed by atoms with Crippen LogP contribution in [-0.2, 0) is 6.54 Å². The lowest BCUT2D eigenvalue weighted by molar-refractivity contribution is 0.116. The SMILES string of the molecule is CCCNC1(CO)CCCC1CCn1ncc(Cl)c1C. The first-order chi connectivity index (χ1) is 9.63. The summed E-state index contributed by atoms with van der Waals surface area (Å²) in [6, 6.07) is 0. The van der Waals surface area contributed by atoms with Gasteiger partial charge in [0.25, 0.3) is 0 Å². The summed E-state index contributed by atoms with van der Waals surface area (Å²) in [6.07, 6.45) is 7.30. The van der Waals surface area contributed by atoms with Crippen LogP contribution in [0.1, 0.15) is 44.7 Å². The Morgan fingerprint density at radius 2 is 2.40 bits per heavy atom. The molecule has 2 unspecified atom stereocenters. The molecule has 0 saturated heterocycles. The molecule has 1 aromatic rings. The average Bonchev–Trinajstić information content (AvgIpc) is 3.00. The van der Waals surface area contributed by atoms with Gasteiger partial charge in [0.2, 0.25) is 0 Å². The van der Waals surface area contributed by atoms with Gasteiger partial charge in [-0.3, -0.25) is 4.68 Å². The molecular formula is C15H26ClN3O. The maximum atomic E-state index is 9.86. The molecule has 4 nitrogen and oxygen atoms in total. The maximum absolute atomic E-state index is 9.86. The van der Waals surface area contributed by atoms with Crippen LogP contribution in [0.15, 0.2) is 6.20 Å². The zero-order valence-corrected chi connectivity index (χ0v) is 13.3. The molecule has 0 bridgehead atoms. The van der Waals surface area contributed by atoms with Gasteiger partial charge in [-0.25, -0.2) is 0 Å². The Morgan fingerprint density at radius 3 is 3.00 bits per heavy atom. The second kappa shape index (κ2) is 6.92. The lowest BCUT2D eigenvalue weighted by atomic mass is 9.85. The molecule has 1 fully saturated rings. The second-order valence-corrected chi connectivity index (χ2v) is 6.33. The van der Waals surface area contributed by atoms with Gasteiger partial charge in [-0.2, -0.15) is 5.10 Å². The lowest BCUT2D eigenvalue weighted by Crippen LogP contribution is -2.51. The highest BCUT2D eigenvalue weighted by atomic mass is 35.5. The summed E-state index contributed by atoms with van der Waals surface area (Å²) in [5.41, 5.74) is 0.946. The quantitative estimate of drug-likeness (QED) is 0.814. The minimum Gasteiger partial charge on any atom is -0.394 e. The van der Waals surface area contributed by atoms with Crippen LogP contribution in [0.3, 0.4) is 0 Å². The molecule has 0 radical (unpaired) electrons. The van der Waals surface area contributed by atoms with Crippen molar-refractivity contribution in [2.24, 2.45) is 5.92 Å². The number of nitrogens with one attached hydrogen (secondary N) is 1. The fourth-order valence-corrected chi connectivity index (χ4v) is 3.50. The normalized spacial score (nSPS) is 26.3. The Kier molecular flexibility index (Phi) is 5.47. The van der Waals surface area contributed by atoms with E-state index < -0.39 is 0 Å². The fourth-order valence-electron chi connectivity index (χ4n) is 3.36. The molecule has 5 heteroatoms. The van der Waals surface area contributed by atoms with Gasteiger partial charge in [-0.05, 0) is 45.1 Å². The highest BCUT2D eigenvalue weighted by molar-refractivity contribution is 6.31. The topological polar surface area (TPSA) is 50.1 Å². The fraction of sp³-hybridized carbons (Fsp3) is 0.800. The summed E-state index contributed by atoms with van der Waals surface area (Å²) in [5, 5.41) is 18.5. The van der Waals surface area contributed by atoms with E-state index in [0.717, 1.165) is 43.1 Å². The largest absolute Gasteiger partial charge is 0.394 e. The van der Waals surface area contributed by atoms with Crippen molar-refractivity contribution >= 4 is 11.6 Å². The molecule has 2 N–H and O–H groups in total. The number of aliphatic hydroxyl groups is 1. The second-order valence-electron chi connectivity index (χ2n) is 5.92. The molecule has 114 valence electrons. The molecule has 0 amide bonds. The van der Waals surface area contributed by atoms with Gasteiger partial charge in [0.15, 0.2) is 0 Å². The molecule has 2 rings (SSSR count). The van der Waals surface area contributed by atoms with Gasteiger partial charge < -0.3 is 10.4 Å². The molecule has 1 aliphatic rings. The van der Waals surface area contributed by atoms with Crippen LogP contribution < -0.4 is 5.32 Å². The molecule has 1 saturated carbocycles. The number of aromatic nitrogens is 2. The first-order valence-corrected chi connectivity index (χ1v) is 8.04. The van der Waals surface area contributed by atoms with Gasteiger partial charge in [0.1, 0.15) is 0 Å². The van der Waals surface area contributed by atoms with Gasteiger partial charge in [0, 0.05) is 12.1 Å². The summed E-state index contributed by atoms with van der Waals surface area (Å²) in [7, 11) is 0. The average molecular weight is 300 g/mol.